The Kier molecular flexibility index (Phi) is 15.7. The molecule has 1 fully saturated rings. The molecule has 0 spiro atoms. The molecule has 0 amide bonds. The van der Waals surface area contributed by atoms with E-state index in [1.54, 1.807) is 0 Å². The summed E-state index contributed by atoms with van der Waals surface area (Å²) in [7, 11) is 0. The fourth-order valence-electron chi connectivity index (χ4n) is 3.30. The van der Waals surface area contributed by atoms with Gasteiger partial charge in [0.05, 0.1) is 0 Å². The SMILES string of the molecule is CC.CCCC(CC)NCCCNCC1CCC(CN)CC1.[HH].[HH].[HH]. The van der Waals surface area contributed by atoms with Crippen molar-refractivity contribution in [1.29, 1.82) is 0 Å². The largest absolute Gasteiger partial charge is 0.330 e. The first-order chi connectivity index (χ1) is 10.8. The normalized spacial score (nSPS) is 22.8. The van der Waals surface area contributed by atoms with Crippen LogP contribution in [0.3, 0.4) is 0 Å². The molecule has 3 nitrogen and oxygen atoms in total. The standard InChI is InChI=1S/C17H37N3.C2H6.3H2/c1-3-6-17(4-2)20-12-5-11-19-14-16-9-7-15(13-18)8-10-16;1-2;;;/h15-17,19-20H,3-14,18H2,1-2H3;1-2H3;3*1H. The highest BCUT2D eigenvalue weighted by atomic mass is 14.9. The van der Waals surface area contributed by atoms with Gasteiger partial charge in [-0.25, -0.2) is 0 Å². The van der Waals surface area contributed by atoms with Gasteiger partial charge in [0.15, 0.2) is 0 Å². The fourth-order valence-corrected chi connectivity index (χ4v) is 3.30. The molecule has 0 aromatic carbocycles. The number of nitrogens with two attached hydrogens (primary N) is 1. The summed E-state index contributed by atoms with van der Waals surface area (Å²) in [4.78, 5) is 0. The molecule has 0 radical (unpaired) electrons. The van der Waals surface area contributed by atoms with Crippen LogP contribution in [0.15, 0.2) is 0 Å². The average Bonchev–Trinajstić information content (AvgIpc) is 2.59. The van der Waals surface area contributed by atoms with Crippen molar-refractivity contribution >= 4 is 0 Å². The minimum atomic E-state index is 0. The zero-order valence-corrected chi connectivity index (χ0v) is 15.8. The van der Waals surface area contributed by atoms with E-state index in [1.807, 2.05) is 13.8 Å². The lowest BCUT2D eigenvalue weighted by Crippen LogP contribution is -2.32. The lowest BCUT2D eigenvalue weighted by molar-refractivity contribution is 0.272. The highest BCUT2D eigenvalue weighted by Gasteiger charge is 2.19. The Hall–Kier alpha value is -0.120. The van der Waals surface area contributed by atoms with Crippen LogP contribution in [0.1, 0.15) is 83.3 Å². The molecule has 0 aromatic rings. The Morgan fingerprint density at radius 3 is 2.23 bits per heavy atom. The first-order valence-corrected chi connectivity index (χ1v) is 9.94. The Bertz CT molecular complexity index is 226. The molecular weight excluding hydrogens is 270 g/mol. The van der Waals surface area contributed by atoms with Crippen LogP contribution in [0.25, 0.3) is 0 Å². The minimum Gasteiger partial charge on any atom is -0.330 e. The van der Waals surface area contributed by atoms with E-state index in [2.05, 4.69) is 24.5 Å². The first kappa shape index (κ1) is 21.9. The highest BCUT2D eigenvalue weighted by Crippen LogP contribution is 2.27. The average molecular weight is 320 g/mol. The number of hydrogen-bond donors (Lipinski definition) is 3. The van der Waals surface area contributed by atoms with Crippen molar-refractivity contribution in [1.82, 2.24) is 10.6 Å². The van der Waals surface area contributed by atoms with Gasteiger partial charge in [0.1, 0.15) is 0 Å². The van der Waals surface area contributed by atoms with Gasteiger partial charge >= 0.3 is 0 Å². The van der Waals surface area contributed by atoms with E-state index in [9.17, 15) is 0 Å². The van der Waals surface area contributed by atoms with Gasteiger partial charge in [0.2, 0.25) is 0 Å². The predicted octanol–water partition coefficient (Wildman–Crippen LogP) is 4.66. The number of rotatable bonds is 11. The molecule has 3 heteroatoms. The lowest BCUT2D eigenvalue weighted by atomic mass is 9.82. The van der Waals surface area contributed by atoms with Crippen molar-refractivity contribution < 1.29 is 4.28 Å². The predicted molar refractivity (Wildman–Crippen MR) is 107 cm³/mol. The van der Waals surface area contributed by atoms with Gasteiger partial charge in [-0.2, -0.15) is 0 Å². The molecule has 22 heavy (non-hydrogen) atoms. The highest BCUT2D eigenvalue weighted by molar-refractivity contribution is 4.74. The quantitative estimate of drug-likeness (QED) is 0.485. The van der Waals surface area contributed by atoms with E-state index in [0.717, 1.165) is 37.5 Å². The number of nitrogens with one attached hydrogen (secondary N) is 2. The molecule has 1 aliphatic rings. The third-order valence-electron chi connectivity index (χ3n) is 4.83. The fraction of sp³-hybridized carbons (Fsp3) is 1.00. The molecule has 0 heterocycles. The summed E-state index contributed by atoms with van der Waals surface area (Å²) in [6, 6.07) is 0.728. The zero-order chi connectivity index (χ0) is 16.6. The van der Waals surface area contributed by atoms with Gasteiger partial charge in [0, 0.05) is 10.3 Å². The van der Waals surface area contributed by atoms with Gasteiger partial charge in [-0.05, 0) is 83.0 Å². The van der Waals surface area contributed by atoms with E-state index in [0.29, 0.717) is 0 Å². The van der Waals surface area contributed by atoms with Crippen molar-refractivity contribution in [3.8, 4) is 0 Å². The lowest BCUT2D eigenvalue weighted by Gasteiger charge is -2.27. The van der Waals surface area contributed by atoms with Crippen LogP contribution in [0, 0.1) is 11.8 Å². The molecule has 1 aliphatic carbocycles. The molecule has 1 saturated carbocycles. The van der Waals surface area contributed by atoms with Gasteiger partial charge in [0.25, 0.3) is 0 Å². The van der Waals surface area contributed by atoms with Crippen LogP contribution in [-0.2, 0) is 0 Å². The molecule has 140 valence electrons. The van der Waals surface area contributed by atoms with Crippen molar-refractivity contribution in [3.63, 3.8) is 0 Å². The Morgan fingerprint density at radius 2 is 1.68 bits per heavy atom. The summed E-state index contributed by atoms with van der Waals surface area (Å²) in [5.41, 5.74) is 5.74. The second-order valence-electron chi connectivity index (χ2n) is 6.53. The smallest absolute Gasteiger partial charge is 0.00643 e. The summed E-state index contributed by atoms with van der Waals surface area (Å²) in [5, 5.41) is 7.31. The van der Waals surface area contributed by atoms with Crippen LogP contribution in [0.4, 0.5) is 0 Å². The molecule has 1 atom stereocenters. The maximum Gasteiger partial charge on any atom is 0.00643 e. The van der Waals surface area contributed by atoms with Gasteiger partial charge in [-0.15, -0.1) is 0 Å². The molecule has 0 aliphatic heterocycles. The van der Waals surface area contributed by atoms with E-state index in [-0.39, 0.29) is 4.28 Å². The maximum absolute atomic E-state index is 5.74. The Labute approximate surface area is 144 Å². The van der Waals surface area contributed by atoms with Gasteiger partial charge in [-0.3, -0.25) is 0 Å². The second kappa shape index (κ2) is 15.8. The van der Waals surface area contributed by atoms with Crippen LogP contribution in [-0.4, -0.2) is 32.2 Å². The molecule has 1 rings (SSSR count). The summed E-state index contributed by atoms with van der Waals surface area (Å²) in [5.74, 6) is 1.70. The molecule has 1 unspecified atom stereocenters. The molecule has 0 aromatic heterocycles. The third-order valence-corrected chi connectivity index (χ3v) is 4.83. The van der Waals surface area contributed by atoms with E-state index in [1.165, 1.54) is 57.9 Å². The summed E-state index contributed by atoms with van der Waals surface area (Å²) >= 11 is 0. The van der Waals surface area contributed by atoms with E-state index < -0.39 is 0 Å². The summed E-state index contributed by atoms with van der Waals surface area (Å²) in [6.45, 7) is 13.0. The zero-order valence-electron chi connectivity index (χ0n) is 15.8. The van der Waals surface area contributed by atoms with Crippen LogP contribution in [0.5, 0.6) is 0 Å². The third kappa shape index (κ3) is 10.6. The van der Waals surface area contributed by atoms with Crippen molar-refractivity contribution in [3.05, 3.63) is 0 Å². The van der Waals surface area contributed by atoms with Crippen LogP contribution in [0.2, 0.25) is 0 Å². The maximum atomic E-state index is 5.74. The van der Waals surface area contributed by atoms with Gasteiger partial charge in [-0.1, -0.05) is 34.1 Å². The molecule has 4 N–H and O–H groups in total. The van der Waals surface area contributed by atoms with Crippen LogP contribution < -0.4 is 16.4 Å². The first-order valence-electron chi connectivity index (χ1n) is 9.94. The summed E-state index contributed by atoms with van der Waals surface area (Å²) < 4.78 is 0. The van der Waals surface area contributed by atoms with Crippen molar-refractivity contribution in [2.45, 2.75) is 85.1 Å². The molecule has 0 saturated heterocycles. The Morgan fingerprint density at radius 1 is 1.05 bits per heavy atom. The molecular formula is C19H49N3. The van der Waals surface area contributed by atoms with E-state index in [4.69, 9.17) is 5.73 Å². The monoisotopic (exact) mass is 319 g/mol. The topological polar surface area (TPSA) is 50.1 Å². The number of hydrogen-bond acceptors (Lipinski definition) is 3. The Balaban J connectivity index is -0.000000425. The van der Waals surface area contributed by atoms with Crippen molar-refractivity contribution in [2.24, 2.45) is 17.6 Å². The van der Waals surface area contributed by atoms with E-state index >= 15 is 0 Å². The van der Waals surface area contributed by atoms with Crippen molar-refractivity contribution in [2.75, 3.05) is 26.2 Å². The minimum absolute atomic E-state index is 0. The summed E-state index contributed by atoms with van der Waals surface area (Å²) in [6.07, 6.45) is 10.6. The van der Waals surface area contributed by atoms with Gasteiger partial charge < -0.3 is 16.4 Å². The van der Waals surface area contributed by atoms with Crippen LogP contribution >= 0.6 is 0 Å². The second-order valence-corrected chi connectivity index (χ2v) is 6.53. The molecule has 0 bridgehead atoms.